The summed E-state index contributed by atoms with van der Waals surface area (Å²) in [6.45, 7) is 3.38. The lowest BCUT2D eigenvalue weighted by molar-refractivity contribution is -0.138. The van der Waals surface area contributed by atoms with Crippen LogP contribution in [0.25, 0.3) is 0 Å². The molecular formula is C15H21NO5S. The van der Waals surface area contributed by atoms with Crippen molar-refractivity contribution < 1.29 is 23.1 Å². The van der Waals surface area contributed by atoms with Gasteiger partial charge in [0.25, 0.3) is 0 Å². The zero-order valence-electron chi connectivity index (χ0n) is 12.9. The Morgan fingerprint density at radius 3 is 2.18 bits per heavy atom. The van der Waals surface area contributed by atoms with E-state index in [2.05, 4.69) is 0 Å². The standard InChI is InChI=1S/C15H21NO5S/c1-11(2)22(20,21)13-6-4-12(5-7-13)10-14(17)16(3)9-8-15(18)19/h4-7,11H,8-10H2,1-3H3,(H,18,19). The molecular weight excluding hydrogens is 306 g/mol. The summed E-state index contributed by atoms with van der Waals surface area (Å²) in [4.78, 5) is 24.0. The fraction of sp³-hybridized carbons (Fsp3) is 0.467. The van der Waals surface area contributed by atoms with Crippen molar-refractivity contribution in [2.24, 2.45) is 0 Å². The minimum absolute atomic E-state index is 0.103. The Balaban J connectivity index is 2.72. The van der Waals surface area contributed by atoms with Gasteiger partial charge in [-0.25, -0.2) is 8.42 Å². The first-order valence-electron chi connectivity index (χ1n) is 6.93. The van der Waals surface area contributed by atoms with Crippen LogP contribution in [0.5, 0.6) is 0 Å². The van der Waals surface area contributed by atoms with Gasteiger partial charge in [0.15, 0.2) is 9.84 Å². The molecule has 0 radical (unpaired) electrons. The van der Waals surface area contributed by atoms with E-state index < -0.39 is 21.1 Å². The van der Waals surface area contributed by atoms with E-state index in [1.165, 1.54) is 17.0 Å². The van der Waals surface area contributed by atoms with E-state index in [1.54, 1.807) is 33.0 Å². The Hall–Kier alpha value is -1.89. The van der Waals surface area contributed by atoms with Crippen LogP contribution < -0.4 is 0 Å². The summed E-state index contributed by atoms with van der Waals surface area (Å²) >= 11 is 0. The number of carboxylic acid groups (broad SMARTS) is 1. The topological polar surface area (TPSA) is 91.8 Å². The number of hydrogen-bond acceptors (Lipinski definition) is 4. The van der Waals surface area contributed by atoms with Crippen LogP contribution in [0.3, 0.4) is 0 Å². The van der Waals surface area contributed by atoms with Gasteiger partial charge in [-0.15, -0.1) is 0 Å². The van der Waals surface area contributed by atoms with Crippen LogP contribution in [-0.4, -0.2) is 49.1 Å². The van der Waals surface area contributed by atoms with Crippen LogP contribution in [0.4, 0.5) is 0 Å². The van der Waals surface area contributed by atoms with Crippen molar-refractivity contribution in [2.75, 3.05) is 13.6 Å². The van der Waals surface area contributed by atoms with Gasteiger partial charge in [0.1, 0.15) is 0 Å². The summed E-state index contributed by atoms with van der Waals surface area (Å²) < 4.78 is 24.0. The van der Waals surface area contributed by atoms with Gasteiger partial charge < -0.3 is 10.0 Å². The Bertz CT molecular complexity index is 634. The average Bonchev–Trinajstić information content (AvgIpc) is 2.44. The molecule has 1 amide bonds. The number of carbonyl (C=O) groups is 2. The lowest BCUT2D eigenvalue weighted by atomic mass is 10.1. The monoisotopic (exact) mass is 327 g/mol. The quantitative estimate of drug-likeness (QED) is 0.816. The lowest BCUT2D eigenvalue weighted by Gasteiger charge is -2.16. The van der Waals surface area contributed by atoms with Crippen LogP contribution in [0.2, 0.25) is 0 Å². The lowest BCUT2D eigenvalue weighted by Crippen LogP contribution is -2.30. The molecule has 0 spiro atoms. The fourth-order valence-corrected chi connectivity index (χ4v) is 2.83. The van der Waals surface area contributed by atoms with Gasteiger partial charge in [-0.05, 0) is 31.5 Å². The summed E-state index contributed by atoms with van der Waals surface area (Å²) in [5.41, 5.74) is 0.690. The minimum atomic E-state index is -3.32. The first-order valence-corrected chi connectivity index (χ1v) is 8.48. The molecule has 1 aromatic rings. The first-order chi connectivity index (χ1) is 10.1. The van der Waals surface area contributed by atoms with Crippen LogP contribution in [0.15, 0.2) is 29.2 Å². The number of rotatable bonds is 7. The molecule has 1 rings (SSSR count). The number of hydrogen-bond donors (Lipinski definition) is 1. The number of likely N-dealkylation sites (N-methyl/N-ethyl adjacent to an activating group) is 1. The number of carboxylic acids is 1. The summed E-state index contributed by atoms with van der Waals surface area (Å²) in [5.74, 6) is -1.16. The molecule has 0 bridgehead atoms. The van der Waals surface area contributed by atoms with Gasteiger partial charge in [-0.3, -0.25) is 9.59 Å². The maximum Gasteiger partial charge on any atom is 0.305 e. The summed E-state index contributed by atoms with van der Waals surface area (Å²) in [5, 5.41) is 8.09. The second kappa shape index (κ2) is 7.40. The molecule has 0 aliphatic carbocycles. The SMILES string of the molecule is CC(C)S(=O)(=O)c1ccc(CC(=O)N(C)CCC(=O)O)cc1. The zero-order chi connectivity index (χ0) is 16.9. The van der Waals surface area contributed by atoms with Crippen molar-refractivity contribution in [3.8, 4) is 0 Å². The van der Waals surface area contributed by atoms with E-state index >= 15 is 0 Å². The van der Waals surface area contributed by atoms with E-state index in [1.807, 2.05) is 0 Å². The number of carbonyl (C=O) groups excluding carboxylic acids is 1. The van der Waals surface area contributed by atoms with E-state index in [9.17, 15) is 18.0 Å². The molecule has 0 saturated carbocycles. The molecule has 0 atom stereocenters. The molecule has 0 aliphatic heterocycles. The molecule has 0 saturated heterocycles. The Kier molecular flexibility index (Phi) is 6.11. The predicted molar refractivity (Wildman–Crippen MR) is 82.4 cm³/mol. The van der Waals surface area contributed by atoms with Gasteiger partial charge in [0.2, 0.25) is 5.91 Å². The van der Waals surface area contributed by atoms with Crippen LogP contribution >= 0.6 is 0 Å². The molecule has 0 aromatic heterocycles. The molecule has 0 aliphatic rings. The molecule has 122 valence electrons. The van der Waals surface area contributed by atoms with Gasteiger partial charge >= 0.3 is 5.97 Å². The third-order valence-electron chi connectivity index (χ3n) is 3.31. The molecule has 1 aromatic carbocycles. The fourth-order valence-electron chi connectivity index (χ4n) is 1.77. The van der Waals surface area contributed by atoms with E-state index in [0.717, 1.165) is 0 Å². The third-order valence-corrected chi connectivity index (χ3v) is 5.49. The highest BCUT2D eigenvalue weighted by molar-refractivity contribution is 7.92. The molecule has 22 heavy (non-hydrogen) atoms. The van der Waals surface area contributed by atoms with Crippen molar-refractivity contribution in [1.29, 1.82) is 0 Å². The largest absolute Gasteiger partial charge is 0.481 e. The van der Waals surface area contributed by atoms with Crippen molar-refractivity contribution in [1.82, 2.24) is 4.90 Å². The maximum atomic E-state index is 12.0. The Morgan fingerprint density at radius 1 is 1.18 bits per heavy atom. The second-order valence-electron chi connectivity index (χ2n) is 5.37. The van der Waals surface area contributed by atoms with E-state index in [0.29, 0.717) is 5.56 Å². The van der Waals surface area contributed by atoms with Gasteiger partial charge in [0.05, 0.1) is 23.0 Å². The van der Waals surface area contributed by atoms with Gasteiger partial charge in [-0.1, -0.05) is 12.1 Å². The Labute approximate surface area is 130 Å². The highest BCUT2D eigenvalue weighted by atomic mass is 32.2. The molecule has 0 fully saturated rings. The highest BCUT2D eigenvalue weighted by Gasteiger charge is 2.19. The predicted octanol–water partition coefficient (Wildman–Crippen LogP) is 1.34. The molecule has 6 nitrogen and oxygen atoms in total. The number of sulfone groups is 1. The van der Waals surface area contributed by atoms with Crippen LogP contribution in [0, 0.1) is 0 Å². The van der Waals surface area contributed by atoms with Crippen LogP contribution in [-0.2, 0) is 25.8 Å². The van der Waals surface area contributed by atoms with Gasteiger partial charge in [-0.2, -0.15) is 0 Å². The second-order valence-corrected chi connectivity index (χ2v) is 7.88. The molecule has 7 heteroatoms. The van der Waals surface area contributed by atoms with Crippen LogP contribution in [0.1, 0.15) is 25.8 Å². The molecule has 0 unspecified atom stereocenters. The third kappa shape index (κ3) is 4.84. The van der Waals surface area contributed by atoms with E-state index in [-0.39, 0.29) is 30.2 Å². The zero-order valence-corrected chi connectivity index (χ0v) is 13.8. The summed E-state index contributed by atoms with van der Waals surface area (Å²) in [7, 11) is -1.77. The number of amides is 1. The average molecular weight is 327 g/mol. The highest BCUT2D eigenvalue weighted by Crippen LogP contribution is 2.17. The molecule has 1 N–H and O–H groups in total. The molecule has 0 heterocycles. The van der Waals surface area contributed by atoms with Crippen molar-refractivity contribution in [3.05, 3.63) is 29.8 Å². The smallest absolute Gasteiger partial charge is 0.305 e. The van der Waals surface area contributed by atoms with Crippen molar-refractivity contribution in [3.63, 3.8) is 0 Å². The number of nitrogens with zero attached hydrogens (tertiary/aromatic N) is 1. The van der Waals surface area contributed by atoms with Gasteiger partial charge in [0, 0.05) is 13.6 Å². The number of benzene rings is 1. The summed E-state index contributed by atoms with van der Waals surface area (Å²) in [6, 6.07) is 6.21. The number of aliphatic carboxylic acids is 1. The van der Waals surface area contributed by atoms with Crippen molar-refractivity contribution in [2.45, 2.75) is 36.8 Å². The van der Waals surface area contributed by atoms with Crippen molar-refractivity contribution >= 4 is 21.7 Å². The normalized spacial score (nSPS) is 11.5. The van der Waals surface area contributed by atoms with E-state index in [4.69, 9.17) is 5.11 Å². The first kappa shape index (κ1) is 18.2. The summed E-state index contributed by atoms with van der Waals surface area (Å²) in [6.07, 6.45) is 0.00589. The Morgan fingerprint density at radius 2 is 1.73 bits per heavy atom. The maximum absolute atomic E-state index is 12.0. The minimum Gasteiger partial charge on any atom is -0.481 e.